The minimum Gasteiger partial charge on any atom is -0.379 e. The van der Waals surface area contributed by atoms with Crippen LogP contribution in [0, 0.1) is 0 Å². The molecule has 1 aromatic rings. The fraction of sp³-hybridized carbons (Fsp3) is 0.545. The Morgan fingerprint density at radius 2 is 2.21 bits per heavy atom. The number of thiophene rings is 1. The first kappa shape index (κ1) is 14.1. The maximum atomic E-state index is 12.4. The lowest BCUT2D eigenvalue weighted by molar-refractivity contribution is -0.147. The summed E-state index contributed by atoms with van der Waals surface area (Å²) in [6.07, 6.45) is -3.78. The molecular formula is C11H14F3N3OS. The second-order valence-electron chi connectivity index (χ2n) is 4.40. The number of amides is 1. The van der Waals surface area contributed by atoms with Crippen LogP contribution in [0.2, 0.25) is 0 Å². The maximum Gasteiger partial charge on any atom is 0.401 e. The van der Waals surface area contributed by atoms with E-state index in [0.717, 1.165) is 10.4 Å². The Bertz CT molecular complexity index is 498. The number of primary amides is 1. The van der Waals surface area contributed by atoms with Gasteiger partial charge in [-0.15, -0.1) is 11.3 Å². The van der Waals surface area contributed by atoms with Crippen LogP contribution in [0.15, 0.2) is 0 Å². The van der Waals surface area contributed by atoms with Crippen LogP contribution in [0.25, 0.3) is 0 Å². The smallest absolute Gasteiger partial charge is 0.379 e. The summed E-state index contributed by atoms with van der Waals surface area (Å²) >= 11 is 1.30. The molecule has 2 heterocycles. The van der Waals surface area contributed by atoms with E-state index < -0.39 is 18.6 Å². The second-order valence-corrected chi connectivity index (χ2v) is 5.50. The topological polar surface area (TPSA) is 58.4 Å². The molecule has 0 radical (unpaired) electrons. The summed E-state index contributed by atoms with van der Waals surface area (Å²) in [5.41, 5.74) is 6.55. The highest BCUT2D eigenvalue weighted by Gasteiger charge is 2.34. The number of carbonyl (C=O) groups excluding carboxylic acids is 1. The fourth-order valence-corrected chi connectivity index (χ4v) is 3.53. The zero-order chi connectivity index (χ0) is 14.2. The molecule has 0 aliphatic carbocycles. The summed E-state index contributed by atoms with van der Waals surface area (Å²) in [4.78, 5) is 13.5. The third-order valence-electron chi connectivity index (χ3n) is 3.01. The zero-order valence-corrected chi connectivity index (χ0v) is 11.1. The Labute approximate surface area is 112 Å². The molecule has 1 aliphatic heterocycles. The Kier molecular flexibility index (Phi) is 3.73. The number of hydrogen-bond acceptors (Lipinski definition) is 4. The number of rotatable bonds is 3. The highest BCUT2D eigenvalue weighted by molar-refractivity contribution is 7.16. The van der Waals surface area contributed by atoms with Crippen LogP contribution >= 0.6 is 11.3 Å². The van der Waals surface area contributed by atoms with Crippen molar-refractivity contribution < 1.29 is 18.0 Å². The van der Waals surface area contributed by atoms with Gasteiger partial charge in [0.2, 0.25) is 0 Å². The predicted octanol–water partition coefficient (Wildman–Crippen LogP) is 1.81. The van der Waals surface area contributed by atoms with Gasteiger partial charge in [0.25, 0.3) is 5.91 Å². The average molecular weight is 293 g/mol. The maximum absolute atomic E-state index is 12.4. The van der Waals surface area contributed by atoms with Crippen LogP contribution < -0.4 is 11.1 Å². The largest absolute Gasteiger partial charge is 0.401 e. The van der Waals surface area contributed by atoms with E-state index in [4.69, 9.17) is 5.73 Å². The molecule has 0 unspecified atom stereocenters. The molecule has 106 valence electrons. The van der Waals surface area contributed by atoms with Crippen LogP contribution in [-0.2, 0) is 13.0 Å². The van der Waals surface area contributed by atoms with E-state index in [0.29, 0.717) is 17.0 Å². The molecule has 0 saturated carbocycles. The fourth-order valence-electron chi connectivity index (χ4n) is 2.28. The van der Waals surface area contributed by atoms with Crippen molar-refractivity contribution in [1.82, 2.24) is 4.90 Å². The van der Waals surface area contributed by atoms with Crippen LogP contribution in [0.5, 0.6) is 0 Å². The Balaban J connectivity index is 2.25. The van der Waals surface area contributed by atoms with Crippen LogP contribution in [0.4, 0.5) is 18.2 Å². The van der Waals surface area contributed by atoms with Crippen molar-refractivity contribution in [2.24, 2.45) is 5.73 Å². The van der Waals surface area contributed by atoms with E-state index in [1.54, 1.807) is 7.05 Å². The number of alkyl halides is 3. The van der Waals surface area contributed by atoms with Gasteiger partial charge in [0.1, 0.15) is 5.00 Å². The van der Waals surface area contributed by atoms with E-state index in [1.807, 2.05) is 0 Å². The molecular weight excluding hydrogens is 279 g/mol. The number of nitrogens with zero attached hydrogens (tertiary/aromatic N) is 1. The van der Waals surface area contributed by atoms with E-state index >= 15 is 0 Å². The first-order valence-electron chi connectivity index (χ1n) is 5.73. The van der Waals surface area contributed by atoms with Gasteiger partial charge in [0.05, 0.1) is 12.1 Å². The summed E-state index contributed by atoms with van der Waals surface area (Å²) in [5.74, 6) is -0.536. The van der Waals surface area contributed by atoms with Crippen molar-refractivity contribution in [2.45, 2.75) is 19.1 Å². The predicted molar refractivity (Wildman–Crippen MR) is 67.4 cm³/mol. The zero-order valence-electron chi connectivity index (χ0n) is 10.3. The number of nitrogens with two attached hydrogens (primary N) is 1. The molecule has 0 bridgehead atoms. The Morgan fingerprint density at radius 1 is 1.53 bits per heavy atom. The van der Waals surface area contributed by atoms with Gasteiger partial charge in [-0.05, 0) is 12.0 Å². The van der Waals surface area contributed by atoms with Crippen LogP contribution in [0.3, 0.4) is 0 Å². The Morgan fingerprint density at radius 3 is 2.74 bits per heavy atom. The van der Waals surface area contributed by atoms with Crippen molar-refractivity contribution >= 4 is 22.2 Å². The molecule has 2 rings (SSSR count). The molecule has 4 nitrogen and oxygen atoms in total. The van der Waals surface area contributed by atoms with Crippen molar-refractivity contribution in [2.75, 3.05) is 25.5 Å². The summed E-state index contributed by atoms with van der Waals surface area (Å²) in [5, 5.41) is 3.51. The standard InChI is InChI=1S/C11H14F3N3OS/c1-16-10-8(9(15)18)6-2-3-17(4-7(6)19-10)5-11(12,13)14/h16H,2-5H2,1H3,(H2,15,18). The van der Waals surface area contributed by atoms with Gasteiger partial charge >= 0.3 is 6.18 Å². The number of nitrogens with one attached hydrogen (secondary N) is 1. The van der Waals surface area contributed by atoms with E-state index in [9.17, 15) is 18.0 Å². The summed E-state index contributed by atoms with van der Waals surface area (Å²) in [6, 6.07) is 0. The molecule has 1 aliphatic rings. The van der Waals surface area contributed by atoms with Crippen molar-refractivity contribution in [1.29, 1.82) is 0 Å². The van der Waals surface area contributed by atoms with Gasteiger partial charge in [-0.3, -0.25) is 9.69 Å². The molecule has 3 N–H and O–H groups in total. The van der Waals surface area contributed by atoms with Crippen LogP contribution in [0.1, 0.15) is 20.8 Å². The second kappa shape index (κ2) is 5.01. The molecule has 0 aromatic carbocycles. The Hall–Kier alpha value is -1.28. The lowest BCUT2D eigenvalue weighted by Gasteiger charge is -2.27. The van der Waals surface area contributed by atoms with E-state index in [1.165, 1.54) is 16.2 Å². The average Bonchev–Trinajstić information content (AvgIpc) is 2.64. The SMILES string of the molecule is CNc1sc2c(c1C(N)=O)CCN(CC(F)(F)F)C2. The molecule has 0 atom stereocenters. The number of halogens is 3. The van der Waals surface area contributed by atoms with Gasteiger partial charge in [0, 0.05) is 25.0 Å². The quantitative estimate of drug-likeness (QED) is 0.893. The monoisotopic (exact) mass is 293 g/mol. The molecule has 8 heteroatoms. The number of anilines is 1. The van der Waals surface area contributed by atoms with Crippen LogP contribution in [-0.4, -0.2) is 37.1 Å². The minimum absolute atomic E-state index is 0.210. The molecule has 0 fully saturated rings. The third-order valence-corrected chi connectivity index (χ3v) is 4.25. The van der Waals surface area contributed by atoms with E-state index in [-0.39, 0.29) is 13.1 Å². The molecule has 1 aromatic heterocycles. The first-order chi connectivity index (χ1) is 8.81. The van der Waals surface area contributed by atoms with Crippen molar-refractivity contribution in [3.05, 3.63) is 16.0 Å². The normalized spacial score (nSPS) is 16.2. The number of carbonyl (C=O) groups is 1. The first-order valence-corrected chi connectivity index (χ1v) is 6.54. The summed E-state index contributed by atoms with van der Waals surface area (Å²) < 4.78 is 37.1. The van der Waals surface area contributed by atoms with E-state index in [2.05, 4.69) is 5.32 Å². The van der Waals surface area contributed by atoms with Crippen molar-refractivity contribution in [3.63, 3.8) is 0 Å². The summed E-state index contributed by atoms with van der Waals surface area (Å²) in [6.45, 7) is -0.431. The van der Waals surface area contributed by atoms with Gasteiger partial charge in [-0.2, -0.15) is 13.2 Å². The number of hydrogen-bond donors (Lipinski definition) is 2. The highest BCUT2D eigenvalue weighted by atomic mass is 32.1. The summed E-state index contributed by atoms with van der Waals surface area (Å²) in [7, 11) is 1.66. The number of fused-ring (bicyclic) bond motifs is 1. The van der Waals surface area contributed by atoms with Gasteiger partial charge in [0.15, 0.2) is 0 Å². The van der Waals surface area contributed by atoms with Gasteiger partial charge in [-0.1, -0.05) is 0 Å². The van der Waals surface area contributed by atoms with Gasteiger partial charge < -0.3 is 11.1 Å². The lowest BCUT2D eigenvalue weighted by atomic mass is 10.0. The van der Waals surface area contributed by atoms with Gasteiger partial charge in [-0.25, -0.2) is 0 Å². The molecule has 1 amide bonds. The molecule has 0 spiro atoms. The highest BCUT2D eigenvalue weighted by Crippen LogP contribution is 2.37. The third kappa shape index (κ3) is 3.01. The lowest BCUT2D eigenvalue weighted by Crippen LogP contribution is -2.37. The molecule has 0 saturated heterocycles. The molecule has 19 heavy (non-hydrogen) atoms. The minimum atomic E-state index is -4.20. The van der Waals surface area contributed by atoms with Crippen molar-refractivity contribution in [3.8, 4) is 0 Å².